The zero-order valence-electron chi connectivity index (χ0n) is 5.18. The lowest BCUT2D eigenvalue weighted by molar-refractivity contribution is -0.144. The molecular weight excluding hydrogens is 138 g/mol. The summed E-state index contributed by atoms with van der Waals surface area (Å²) in [4.78, 5) is 3.27. The highest BCUT2D eigenvalue weighted by atomic mass is 19.3. The summed E-state index contributed by atoms with van der Waals surface area (Å²) in [6, 6.07) is 5.89. The molecule has 0 saturated heterocycles. The molecule has 0 heterocycles. The topological polar surface area (TPSA) is 9.23 Å². The predicted molar refractivity (Wildman–Crippen MR) is 32.3 cm³/mol. The van der Waals surface area contributed by atoms with Crippen molar-refractivity contribution < 1.29 is 13.9 Å². The lowest BCUT2D eigenvalue weighted by Gasteiger charge is -1.95. The second-order valence-corrected chi connectivity index (χ2v) is 1.84. The van der Waals surface area contributed by atoms with E-state index in [9.17, 15) is 8.92 Å². The van der Waals surface area contributed by atoms with E-state index in [-0.39, 0.29) is 12.2 Å². The van der Waals surface area contributed by atoms with Gasteiger partial charge in [0.1, 0.15) is 12.4 Å². The molecule has 1 rings (SSSR count). The summed E-state index contributed by atoms with van der Waals surface area (Å²) in [5, 5.41) is 0. The SMILES string of the molecule is FOCc1ccccc1F. The third-order valence-electron chi connectivity index (χ3n) is 1.17. The first kappa shape index (κ1) is 7.15. The standard InChI is InChI=1S/C7H6F2O/c8-7-4-2-1-3-6(7)5-10-9/h1-4H,5H2. The maximum atomic E-state index is 12.5. The van der Waals surface area contributed by atoms with Gasteiger partial charge in [-0.3, -0.25) is 0 Å². The number of hydrogen-bond acceptors (Lipinski definition) is 1. The van der Waals surface area contributed by atoms with Crippen LogP contribution in [-0.4, -0.2) is 0 Å². The minimum atomic E-state index is -0.444. The Kier molecular flexibility index (Phi) is 2.34. The Labute approximate surface area is 57.1 Å². The Hall–Kier alpha value is -0.960. The quantitative estimate of drug-likeness (QED) is 0.618. The average Bonchev–Trinajstić information content (AvgIpc) is 1.94. The monoisotopic (exact) mass is 144 g/mol. The molecule has 0 saturated carbocycles. The number of halogens is 2. The van der Waals surface area contributed by atoms with E-state index in [2.05, 4.69) is 4.94 Å². The van der Waals surface area contributed by atoms with Crippen molar-refractivity contribution in [3.8, 4) is 0 Å². The summed E-state index contributed by atoms with van der Waals surface area (Å²) in [6.45, 7) is -0.327. The summed E-state index contributed by atoms with van der Waals surface area (Å²) < 4.78 is 23.7. The Morgan fingerprint density at radius 3 is 2.60 bits per heavy atom. The van der Waals surface area contributed by atoms with E-state index in [1.807, 2.05) is 0 Å². The van der Waals surface area contributed by atoms with E-state index >= 15 is 0 Å². The van der Waals surface area contributed by atoms with Gasteiger partial charge in [0.25, 0.3) is 0 Å². The lowest BCUT2D eigenvalue weighted by Crippen LogP contribution is -1.88. The van der Waals surface area contributed by atoms with Crippen LogP contribution in [0.1, 0.15) is 5.56 Å². The zero-order chi connectivity index (χ0) is 7.40. The first-order chi connectivity index (χ1) is 4.84. The van der Waals surface area contributed by atoms with Crippen LogP contribution < -0.4 is 0 Å². The van der Waals surface area contributed by atoms with E-state index in [1.165, 1.54) is 18.2 Å². The minimum Gasteiger partial charge on any atom is -0.207 e. The van der Waals surface area contributed by atoms with Crippen LogP contribution in [0, 0.1) is 5.82 Å². The van der Waals surface area contributed by atoms with Crippen LogP contribution in [0.4, 0.5) is 8.92 Å². The van der Waals surface area contributed by atoms with Gasteiger partial charge in [-0.05, 0) is 10.6 Å². The second-order valence-electron chi connectivity index (χ2n) is 1.84. The van der Waals surface area contributed by atoms with E-state index in [0.717, 1.165) is 0 Å². The fraction of sp³-hybridized carbons (Fsp3) is 0.143. The van der Waals surface area contributed by atoms with Crippen LogP contribution in [-0.2, 0) is 11.5 Å². The molecule has 0 aliphatic rings. The molecule has 1 aromatic carbocycles. The molecule has 0 N–H and O–H groups in total. The van der Waals surface area contributed by atoms with Crippen molar-refractivity contribution in [2.45, 2.75) is 6.61 Å². The summed E-state index contributed by atoms with van der Waals surface area (Å²) in [7, 11) is 0. The van der Waals surface area contributed by atoms with E-state index in [4.69, 9.17) is 0 Å². The van der Waals surface area contributed by atoms with Crippen molar-refractivity contribution in [3.05, 3.63) is 35.6 Å². The van der Waals surface area contributed by atoms with Gasteiger partial charge < -0.3 is 0 Å². The smallest absolute Gasteiger partial charge is 0.128 e. The van der Waals surface area contributed by atoms with E-state index < -0.39 is 5.82 Å². The minimum absolute atomic E-state index is 0.227. The van der Waals surface area contributed by atoms with Gasteiger partial charge in [0.2, 0.25) is 0 Å². The molecule has 10 heavy (non-hydrogen) atoms. The molecular formula is C7H6F2O. The summed E-state index contributed by atoms with van der Waals surface area (Å²) >= 11 is 0. The van der Waals surface area contributed by atoms with Gasteiger partial charge in [-0.15, -0.1) is 0 Å². The molecule has 54 valence electrons. The van der Waals surface area contributed by atoms with E-state index in [0.29, 0.717) is 0 Å². The molecule has 3 heteroatoms. The van der Waals surface area contributed by atoms with Gasteiger partial charge in [-0.2, -0.15) is 4.94 Å². The predicted octanol–water partition coefficient (Wildman–Crippen LogP) is 2.23. The molecule has 0 unspecified atom stereocenters. The summed E-state index contributed by atoms with van der Waals surface area (Å²) in [6.07, 6.45) is 0. The van der Waals surface area contributed by atoms with Crippen LogP contribution in [0.2, 0.25) is 0 Å². The Morgan fingerprint density at radius 2 is 2.00 bits per heavy atom. The number of benzene rings is 1. The molecule has 0 aliphatic heterocycles. The fourth-order valence-corrected chi connectivity index (χ4v) is 0.674. The second kappa shape index (κ2) is 3.27. The molecule has 0 radical (unpaired) electrons. The third kappa shape index (κ3) is 1.51. The van der Waals surface area contributed by atoms with Gasteiger partial charge in [-0.1, -0.05) is 18.2 Å². The van der Waals surface area contributed by atoms with Gasteiger partial charge in [0, 0.05) is 5.56 Å². The molecule has 0 aliphatic carbocycles. The van der Waals surface area contributed by atoms with Crippen LogP contribution in [0.25, 0.3) is 0 Å². The van der Waals surface area contributed by atoms with Gasteiger partial charge in [-0.25, -0.2) is 4.39 Å². The summed E-state index contributed by atoms with van der Waals surface area (Å²) in [5.74, 6) is -0.444. The van der Waals surface area contributed by atoms with E-state index in [1.54, 1.807) is 6.07 Å². The first-order valence-electron chi connectivity index (χ1n) is 2.81. The average molecular weight is 144 g/mol. The van der Waals surface area contributed by atoms with Crippen molar-refractivity contribution in [2.24, 2.45) is 0 Å². The molecule has 1 aromatic rings. The van der Waals surface area contributed by atoms with Crippen molar-refractivity contribution >= 4 is 0 Å². The Bertz CT molecular complexity index is 213. The van der Waals surface area contributed by atoms with Crippen LogP contribution in [0.15, 0.2) is 24.3 Å². The number of rotatable bonds is 2. The Morgan fingerprint density at radius 1 is 1.30 bits per heavy atom. The molecule has 0 fully saturated rings. The van der Waals surface area contributed by atoms with Crippen LogP contribution in [0.3, 0.4) is 0 Å². The Balaban J connectivity index is 2.81. The largest absolute Gasteiger partial charge is 0.207 e. The molecule has 0 aromatic heterocycles. The highest BCUT2D eigenvalue weighted by Crippen LogP contribution is 2.06. The maximum absolute atomic E-state index is 12.5. The van der Waals surface area contributed by atoms with Gasteiger partial charge in [0.05, 0.1) is 0 Å². The molecule has 0 bridgehead atoms. The molecule has 1 nitrogen and oxygen atoms in total. The fourth-order valence-electron chi connectivity index (χ4n) is 0.674. The third-order valence-corrected chi connectivity index (χ3v) is 1.17. The van der Waals surface area contributed by atoms with Crippen molar-refractivity contribution in [3.63, 3.8) is 0 Å². The highest BCUT2D eigenvalue weighted by molar-refractivity contribution is 5.15. The van der Waals surface area contributed by atoms with Crippen molar-refractivity contribution in [1.29, 1.82) is 0 Å². The molecule has 0 amide bonds. The lowest BCUT2D eigenvalue weighted by atomic mass is 10.2. The van der Waals surface area contributed by atoms with Crippen molar-refractivity contribution in [1.82, 2.24) is 0 Å². The zero-order valence-corrected chi connectivity index (χ0v) is 5.18. The van der Waals surface area contributed by atoms with Crippen LogP contribution >= 0.6 is 0 Å². The first-order valence-corrected chi connectivity index (χ1v) is 2.81. The number of hydrogen-bond donors (Lipinski definition) is 0. The van der Waals surface area contributed by atoms with Crippen LogP contribution in [0.5, 0.6) is 0 Å². The van der Waals surface area contributed by atoms with Gasteiger partial charge >= 0.3 is 0 Å². The maximum Gasteiger partial charge on any atom is 0.128 e. The summed E-state index contributed by atoms with van der Waals surface area (Å²) in [5.41, 5.74) is 0.227. The molecule has 0 spiro atoms. The highest BCUT2D eigenvalue weighted by Gasteiger charge is 1.98. The molecule has 0 atom stereocenters. The normalized spacial score (nSPS) is 9.80. The van der Waals surface area contributed by atoms with Crippen molar-refractivity contribution in [2.75, 3.05) is 0 Å². The van der Waals surface area contributed by atoms with Gasteiger partial charge in [0.15, 0.2) is 0 Å².